The maximum atomic E-state index is 12.5. The predicted octanol–water partition coefficient (Wildman–Crippen LogP) is 2.97. The van der Waals surface area contributed by atoms with Crippen molar-refractivity contribution in [1.29, 1.82) is 0 Å². The quantitative estimate of drug-likeness (QED) is 0.838. The number of anilines is 1. The number of hydrogen-bond acceptors (Lipinski definition) is 4. The van der Waals surface area contributed by atoms with E-state index in [9.17, 15) is 9.59 Å². The van der Waals surface area contributed by atoms with Crippen molar-refractivity contribution >= 4 is 17.5 Å². The van der Waals surface area contributed by atoms with Crippen LogP contribution in [0.5, 0.6) is 11.5 Å². The summed E-state index contributed by atoms with van der Waals surface area (Å²) in [4.78, 5) is 28.7. The molecule has 2 aromatic rings. The first-order chi connectivity index (χ1) is 13.7. The molecule has 6 nitrogen and oxygen atoms in total. The summed E-state index contributed by atoms with van der Waals surface area (Å²) < 4.78 is 5.90. The number of ether oxygens (including phenoxy) is 1. The number of para-hydroxylation sites is 3. The van der Waals surface area contributed by atoms with Crippen molar-refractivity contribution < 1.29 is 14.3 Å². The molecule has 2 aliphatic rings. The van der Waals surface area contributed by atoms with Crippen molar-refractivity contribution in [3.05, 3.63) is 54.6 Å². The van der Waals surface area contributed by atoms with Gasteiger partial charge < -0.3 is 15.0 Å². The molecule has 1 saturated heterocycles. The van der Waals surface area contributed by atoms with E-state index < -0.39 is 0 Å². The fraction of sp³-hybridized carbons (Fsp3) is 0.364. The molecular weight excluding hydrogens is 354 g/mol. The first-order valence-electron chi connectivity index (χ1n) is 9.82. The van der Waals surface area contributed by atoms with Gasteiger partial charge >= 0.3 is 0 Å². The van der Waals surface area contributed by atoms with Crippen LogP contribution in [-0.2, 0) is 9.59 Å². The van der Waals surface area contributed by atoms with Crippen LogP contribution in [-0.4, -0.2) is 54.3 Å². The van der Waals surface area contributed by atoms with E-state index in [1.807, 2.05) is 59.5 Å². The molecule has 0 aromatic heterocycles. The molecule has 0 unspecified atom stereocenters. The lowest BCUT2D eigenvalue weighted by atomic mass is 10.2. The van der Waals surface area contributed by atoms with Crippen LogP contribution in [0, 0.1) is 5.92 Å². The lowest BCUT2D eigenvalue weighted by Gasteiger charge is -2.34. The van der Waals surface area contributed by atoms with Crippen LogP contribution in [0.25, 0.3) is 0 Å². The minimum Gasteiger partial charge on any atom is -0.455 e. The summed E-state index contributed by atoms with van der Waals surface area (Å²) in [5, 5.41) is 2.95. The monoisotopic (exact) mass is 379 g/mol. The van der Waals surface area contributed by atoms with Gasteiger partial charge in [0.2, 0.25) is 11.8 Å². The first-order valence-corrected chi connectivity index (χ1v) is 9.82. The van der Waals surface area contributed by atoms with Crippen LogP contribution < -0.4 is 10.1 Å². The zero-order valence-electron chi connectivity index (χ0n) is 15.8. The Bertz CT molecular complexity index is 828. The average molecular weight is 379 g/mol. The van der Waals surface area contributed by atoms with Crippen LogP contribution >= 0.6 is 0 Å². The lowest BCUT2D eigenvalue weighted by molar-refractivity contribution is -0.134. The Kier molecular flexibility index (Phi) is 5.58. The minimum absolute atomic E-state index is 0.0777. The summed E-state index contributed by atoms with van der Waals surface area (Å²) in [6.45, 7) is 3.18. The fourth-order valence-electron chi connectivity index (χ4n) is 3.38. The number of carbonyl (C=O) groups excluding carboxylic acids is 2. The van der Waals surface area contributed by atoms with E-state index >= 15 is 0 Å². The number of piperazine rings is 1. The van der Waals surface area contributed by atoms with E-state index in [0.717, 1.165) is 31.7 Å². The van der Waals surface area contributed by atoms with E-state index in [0.29, 0.717) is 31.1 Å². The van der Waals surface area contributed by atoms with Crippen molar-refractivity contribution in [3.63, 3.8) is 0 Å². The minimum atomic E-state index is -0.0777. The van der Waals surface area contributed by atoms with Crippen molar-refractivity contribution in [2.75, 3.05) is 38.0 Å². The van der Waals surface area contributed by atoms with Gasteiger partial charge in [-0.05, 0) is 37.1 Å². The molecule has 0 atom stereocenters. The molecule has 2 amide bonds. The SMILES string of the molecule is O=C(CN1CCN(C(=O)C2CC2)CC1)Nc1ccccc1Oc1ccccc1. The molecule has 2 aromatic carbocycles. The highest BCUT2D eigenvalue weighted by molar-refractivity contribution is 5.93. The third-order valence-corrected chi connectivity index (χ3v) is 5.11. The second kappa shape index (κ2) is 8.44. The highest BCUT2D eigenvalue weighted by Gasteiger charge is 2.34. The molecule has 1 aliphatic heterocycles. The van der Waals surface area contributed by atoms with Crippen LogP contribution in [0.1, 0.15) is 12.8 Å². The summed E-state index contributed by atoms with van der Waals surface area (Å²) in [5.74, 6) is 1.81. The number of rotatable bonds is 6. The van der Waals surface area contributed by atoms with Gasteiger partial charge in [-0.1, -0.05) is 30.3 Å². The van der Waals surface area contributed by atoms with Crippen LogP contribution in [0.3, 0.4) is 0 Å². The van der Waals surface area contributed by atoms with Crippen LogP contribution in [0.2, 0.25) is 0 Å². The normalized spacial score (nSPS) is 17.2. The van der Waals surface area contributed by atoms with Gasteiger partial charge in [0, 0.05) is 32.1 Å². The van der Waals surface area contributed by atoms with Gasteiger partial charge in [-0.3, -0.25) is 14.5 Å². The fourth-order valence-corrected chi connectivity index (χ4v) is 3.38. The molecule has 1 N–H and O–H groups in total. The Morgan fingerprint density at radius 2 is 1.61 bits per heavy atom. The molecule has 0 bridgehead atoms. The Morgan fingerprint density at radius 3 is 2.32 bits per heavy atom. The van der Waals surface area contributed by atoms with E-state index in [4.69, 9.17) is 4.74 Å². The largest absolute Gasteiger partial charge is 0.455 e. The topological polar surface area (TPSA) is 61.9 Å². The van der Waals surface area contributed by atoms with Crippen molar-refractivity contribution in [2.45, 2.75) is 12.8 Å². The van der Waals surface area contributed by atoms with E-state index in [2.05, 4.69) is 10.2 Å². The molecule has 1 saturated carbocycles. The van der Waals surface area contributed by atoms with Gasteiger partial charge in [-0.25, -0.2) is 0 Å². The van der Waals surface area contributed by atoms with Gasteiger partial charge in [0.25, 0.3) is 0 Å². The molecule has 146 valence electrons. The number of carbonyl (C=O) groups is 2. The summed E-state index contributed by atoms with van der Waals surface area (Å²) >= 11 is 0. The average Bonchev–Trinajstić information content (AvgIpc) is 3.56. The van der Waals surface area contributed by atoms with E-state index in [1.54, 1.807) is 0 Å². The van der Waals surface area contributed by atoms with E-state index in [-0.39, 0.29) is 17.7 Å². The molecule has 2 fully saturated rings. The molecule has 0 radical (unpaired) electrons. The summed E-state index contributed by atoms with van der Waals surface area (Å²) in [6.07, 6.45) is 2.07. The van der Waals surface area contributed by atoms with Gasteiger partial charge in [-0.15, -0.1) is 0 Å². The van der Waals surface area contributed by atoms with Crippen molar-refractivity contribution in [2.24, 2.45) is 5.92 Å². The number of hydrogen-bond donors (Lipinski definition) is 1. The Hall–Kier alpha value is -2.86. The highest BCUT2D eigenvalue weighted by atomic mass is 16.5. The molecule has 1 heterocycles. The van der Waals surface area contributed by atoms with Crippen molar-refractivity contribution in [3.8, 4) is 11.5 Å². The zero-order chi connectivity index (χ0) is 19.3. The van der Waals surface area contributed by atoms with Gasteiger partial charge in [0.05, 0.1) is 12.2 Å². The number of nitrogens with one attached hydrogen (secondary N) is 1. The summed E-state index contributed by atoms with van der Waals surface area (Å²) in [5.41, 5.74) is 0.652. The molecule has 0 spiro atoms. The zero-order valence-corrected chi connectivity index (χ0v) is 15.8. The molecule has 1 aliphatic carbocycles. The second-order valence-corrected chi connectivity index (χ2v) is 7.34. The molecule has 28 heavy (non-hydrogen) atoms. The first kappa shape index (κ1) is 18.5. The number of benzene rings is 2. The van der Waals surface area contributed by atoms with Gasteiger partial charge in [0.15, 0.2) is 5.75 Å². The van der Waals surface area contributed by atoms with Crippen LogP contribution in [0.15, 0.2) is 54.6 Å². The third-order valence-electron chi connectivity index (χ3n) is 5.11. The molecule has 4 rings (SSSR count). The Labute approximate surface area is 165 Å². The maximum absolute atomic E-state index is 12.5. The van der Waals surface area contributed by atoms with E-state index in [1.165, 1.54) is 0 Å². The number of amides is 2. The van der Waals surface area contributed by atoms with Gasteiger partial charge in [-0.2, -0.15) is 0 Å². The Balaban J connectivity index is 1.30. The standard InChI is InChI=1S/C22H25N3O3/c26-21(16-24-12-14-25(15-13-24)22(27)17-10-11-17)23-19-8-4-5-9-20(19)28-18-6-2-1-3-7-18/h1-9,17H,10-16H2,(H,23,26). The van der Waals surface area contributed by atoms with Gasteiger partial charge in [0.1, 0.15) is 5.75 Å². The lowest BCUT2D eigenvalue weighted by Crippen LogP contribution is -2.50. The van der Waals surface area contributed by atoms with Crippen LogP contribution in [0.4, 0.5) is 5.69 Å². The summed E-state index contributed by atoms with van der Waals surface area (Å²) in [6, 6.07) is 16.9. The smallest absolute Gasteiger partial charge is 0.238 e. The second-order valence-electron chi connectivity index (χ2n) is 7.34. The maximum Gasteiger partial charge on any atom is 0.238 e. The third kappa shape index (κ3) is 4.70. The highest BCUT2D eigenvalue weighted by Crippen LogP contribution is 2.31. The molecular formula is C22H25N3O3. The molecule has 6 heteroatoms. The summed E-state index contributed by atoms with van der Waals surface area (Å²) in [7, 11) is 0. The Morgan fingerprint density at radius 1 is 0.929 bits per heavy atom. The van der Waals surface area contributed by atoms with Crippen molar-refractivity contribution in [1.82, 2.24) is 9.80 Å². The predicted molar refractivity (Wildman–Crippen MR) is 107 cm³/mol. The number of nitrogens with zero attached hydrogens (tertiary/aromatic N) is 2.